The zero-order valence-electron chi connectivity index (χ0n) is 14.4. The second kappa shape index (κ2) is 8.07. The Kier molecular flexibility index (Phi) is 5.84. The van der Waals surface area contributed by atoms with Gasteiger partial charge in [0.1, 0.15) is 0 Å². The minimum Gasteiger partial charge on any atom is -0.379 e. The molecule has 1 fully saturated rings. The van der Waals surface area contributed by atoms with Crippen LogP contribution >= 0.6 is 11.3 Å². The minimum atomic E-state index is 0.0453. The smallest absolute Gasteiger partial charge is 0.250 e. The van der Waals surface area contributed by atoms with E-state index in [0.29, 0.717) is 6.04 Å². The highest BCUT2D eigenvalue weighted by molar-refractivity contribution is 7.10. The van der Waals surface area contributed by atoms with Crippen LogP contribution in [0, 0.1) is 0 Å². The van der Waals surface area contributed by atoms with E-state index in [1.807, 2.05) is 23.6 Å². The quantitative estimate of drug-likeness (QED) is 0.801. The van der Waals surface area contributed by atoms with E-state index in [2.05, 4.69) is 34.4 Å². The highest BCUT2D eigenvalue weighted by atomic mass is 32.1. The summed E-state index contributed by atoms with van der Waals surface area (Å²) in [7, 11) is 3.90. The van der Waals surface area contributed by atoms with Gasteiger partial charge in [-0.15, -0.1) is 11.3 Å². The molecule has 3 heterocycles. The second-order valence-electron chi connectivity index (χ2n) is 6.36. The van der Waals surface area contributed by atoms with E-state index in [4.69, 9.17) is 4.74 Å². The van der Waals surface area contributed by atoms with Gasteiger partial charge >= 0.3 is 0 Å². The third-order valence-electron chi connectivity index (χ3n) is 4.46. The predicted molar refractivity (Wildman–Crippen MR) is 97.5 cm³/mol. The van der Waals surface area contributed by atoms with E-state index in [1.54, 1.807) is 17.7 Å². The summed E-state index contributed by atoms with van der Waals surface area (Å²) in [5.41, 5.74) is 1.11. The van der Waals surface area contributed by atoms with Gasteiger partial charge in [-0.3, -0.25) is 9.69 Å². The Morgan fingerprint density at radius 2 is 2.12 bits per heavy atom. The molecule has 0 saturated carbocycles. The lowest BCUT2D eigenvalue weighted by Gasteiger charge is -2.36. The topological polar surface area (TPSA) is 37.7 Å². The number of likely N-dealkylation sites (N-methyl/N-ethyl adjacent to an activating group) is 1. The number of morpholine rings is 1. The molecule has 0 aromatic carbocycles. The fourth-order valence-electron chi connectivity index (χ4n) is 3.11. The molecule has 0 amide bonds. The first-order valence-electron chi connectivity index (χ1n) is 8.33. The molecule has 1 aliphatic heterocycles. The van der Waals surface area contributed by atoms with Gasteiger partial charge in [-0.2, -0.15) is 0 Å². The van der Waals surface area contributed by atoms with Gasteiger partial charge < -0.3 is 14.2 Å². The van der Waals surface area contributed by atoms with Crippen molar-refractivity contribution < 1.29 is 4.74 Å². The van der Waals surface area contributed by atoms with Crippen molar-refractivity contribution in [2.45, 2.75) is 12.6 Å². The summed E-state index contributed by atoms with van der Waals surface area (Å²) in [6, 6.07) is 8.47. The molecule has 1 atom stereocenters. The average Bonchev–Trinajstić information content (AvgIpc) is 3.11. The van der Waals surface area contributed by atoms with E-state index in [9.17, 15) is 4.79 Å². The summed E-state index contributed by atoms with van der Waals surface area (Å²) in [6.07, 6.45) is 1.84. The third kappa shape index (κ3) is 4.33. The number of thiophene rings is 1. The van der Waals surface area contributed by atoms with Gasteiger partial charge in [0, 0.05) is 50.4 Å². The Labute approximate surface area is 147 Å². The molecule has 2 aromatic rings. The fourth-order valence-corrected chi connectivity index (χ4v) is 3.97. The number of rotatable bonds is 6. The molecule has 24 heavy (non-hydrogen) atoms. The average molecular weight is 347 g/mol. The maximum atomic E-state index is 11.8. The first-order chi connectivity index (χ1) is 11.6. The summed E-state index contributed by atoms with van der Waals surface area (Å²) in [6.45, 7) is 5.28. The SMILES string of the molecule is CN(Cc1ccn(C)c(=O)c1)C[C@@H](c1cccs1)N1CCOCC1. The maximum absolute atomic E-state index is 11.8. The van der Waals surface area contributed by atoms with Crippen molar-refractivity contribution in [2.24, 2.45) is 7.05 Å². The van der Waals surface area contributed by atoms with Crippen molar-refractivity contribution in [3.63, 3.8) is 0 Å². The van der Waals surface area contributed by atoms with Gasteiger partial charge in [-0.05, 0) is 30.1 Å². The highest BCUT2D eigenvalue weighted by Gasteiger charge is 2.24. The molecule has 0 aliphatic carbocycles. The van der Waals surface area contributed by atoms with E-state index in [1.165, 1.54) is 4.88 Å². The number of ether oxygens (including phenoxy) is 1. The number of pyridine rings is 1. The molecule has 130 valence electrons. The Hall–Kier alpha value is -1.47. The number of nitrogens with zero attached hydrogens (tertiary/aromatic N) is 3. The lowest BCUT2D eigenvalue weighted by atomic mass is 10.1. The Balaban J connectivity index is 1.69. The Morgan fingerprint density at radius 1 is 1.33 bits per heavy atom. The summed E-state index contributed by atoms with van der Waals surface area (Å²) < 4.78 is 7.11. The van der Waals surface area contributed by atoms with Crippen LogP contribution in [0.5, 0.6) is 0 Å². The third-order valence-corrected chi connectivity index (χ3v) is 5.44. The maximum Gasteiger partial charge on any atom is 0.250 e. The summed E-state index contributed by atoms with van der Waals surface area (Å²) in [5.74, 6) is 0. The van der Waals surface area contributed by atoms with Crippen molar-refractivity contribution in [1.82, 2.24) is 14.4 Å². The van der Waals surface area contributed by atoms with Gasteiger partial charge in [-0.1, -0.05) is 6.07 Å². The Morgan fingerprint density at radius 3 is 2.79 bits per heavy atom. The van der Waals surface area contributed by atoms with Crippen LogP contribution in [0.3, 0.4) is 0 Å². The van der Waals surface area contributed by atoms with E-state index in [-0.39, 0.29) is 5.56 Å². The van der Waals surface area contributed by atoms with Crippen LogP contribution in [0.4, 0.5) is 0 Å². The van der Waals surface area contributed by atoms with E-state index < -0.39 is 0 Å². The zero-order valence-corrected chi connectivity index (χ0v) is 15.2. The van der Waals surface area contributed by atoms with Gasteiger partial charge in [-0.25, -0.2) is 0 Å². The predicted octanol–water partition coefficient (Wildman–Crippen LogP) is 1.95. The van der Waals surface area contributed by atoms with Gasteiger partial charge in [0.2, 0.25) is 0 Å². The molecule has 6 heteroatoms. The molecule has 0 radical (unpaired) electrons. The monoisotopic (exact) mass is 347 g/mol. The van der Waals surface area contributed by atoms with Crippen molar-refractivity contribution >= 4 is 11.3 Å². The van der Waals surface area contributed by atoms with Crippen molar-refractivity contribution in [3.05, 3.63) is 56.6 Å². The number of aryl methyl sites for hydroxylation is 1. The molecule has 1 aliphatic rings. The standard InChI is InChI=1S/C18H25N3O2S/c1-19(13-15-5-6-20(2)18(22)12-15)14-16(17-4-3-11-24-17)21-7-9-23-10-8-21/h3-6,11-12,16H,7-10,13-14H2,1-2H3/t16-/m0/s1. The highest BCUT2D eigenvalue weighted by Crippen LogP contribution is 2.27. The van der Waals surface area contributed by atoms with Crippen LogP contribution in [-0.4, -0.2) is 54.3 Å². The number of hydrogen-bond acceptors (Lipinski definition) is 5. The summed E-state index contributed by atoms with van der Waals surface area (Å²) >= 11 is 1.81. The molecule has 5 nitrogen and oxygen atoms in total. The van der Waals surface area contributed by atoms with Gasteiger partial charge in [0.05, 0.1) is 19.3 Å². The van der Waals surface area contributed by atoms with Crippen LogP contribution < -0.4 is 5.56 Å². The van der Waals surface area contributed by atoms with Crippen molar-refractivity contribution in [2.75, 3.05) is 39.9 Å². The molecule has 2 aromatic heterocycles. The van der Waals surface area contributed by atoms with Gasteiger partial charge in [0.15, 0.2) is 0 Å². The van der Waals surface area contributed by atoms with Crippen LogP contribution in [0.1, 0.15) is 16.5 Å². The minimum absolute atomic E-state index is 0.0453. The van der Waals surface area contributed by atoms with Crippen LogP contribution in [0.2, 0.25) is 0 Å². The molecular formula is C18H25N3O2S. The molecule has 0 spiro atoms. The largest absolute Gasteiger partial charge is 0.379 e. The fraction of sp³-hybridized carbons (Fsp3) is 0.500. The number of aromatic nitrogens is 1. The first-order valence-corrected chi connectivity index (χ1v) is 9.21. The van der Waals surface area contributed by atoms with Crippen molar-refractivity contribution in [3.8, 4) is 0 Å². The molecular weight excluding hydrogens is 322 g/mol. The van der Waals surface area contributed by atoms with Gasteiger partial charge in [0.25, 0.3) is 5.56 Å². The van der Waals surface area contributed by atoms with Crippen LogP contribution in [-0.2, 0) is 18.3 Å². The summed E-state index contributed by atoms with van der Waals surface area (Å²) in [4.78, 5) is 18.0. The van der Waals surface area contributed by atoms with Crippen molar-refractivity contribution in [1.29, 1.82) is 0 Å². The lowest BCUT2D eigenvalue weighted by Crippen LogP contribution is -2.42. The molecule has 0 unspecified atom stereocenters. The van der Waals surface area contributed by atoms with E-state index in [0.717, 1.165) is 45.0 Å². The normalized spacial score (nSPS) is 17.3. The molecule has 1 saturated heterocycles. The second-order valence-corrected chi connectivity index (χ2v) is 7.34. The Bertz CT molecular complexity index is 693. The zero-order chi connectivity index (χ0) is 16.9. The molecule has 0 bridgehead atoms. The van der Waals surface area contributed by atoms with E-state index >= 15 is 0 Å². The summed E-state index contributed by atoms with van der Waals surface area (Å²) in [5, 5.41) is 2.14. The van der Waals surface area contributed by atoms with Crippen LogP contribution in [0.25, 0.3) is 0 Å². The van der Waals surface area contributed by atoms with Crippen LogP contribution in [0.15, 0.2) is 40.6 Å². The molecule has 0 N–H and O–H groups in total. The first kappa shape index (κ1) is 17.4. The lowest BCUT2D eigenvalue weighted by molar-refractivity contribution is 0.00964. The number of hydrogen-bond donors (Lipinski definition) is 0. The molecule has 3 rings (SSSR count).